The number of fused-ring (bicyclic) bond motifs is 2. The largest absolute Gasteiger partial charge is 1.00 e. The first-order valence-electron chi connectivity index (χ1n) is 13.3. The van der Waals surface area contributed by atoms with E-state index in [1.54, 1.807) is 12.3 Å². The zero-order chi connectivity index (χ0) is 26.8. The number of hydrogen-bond acceptors (Lipinski definition) is 5. The number of H-pyrrole nitrogens is 1. The van der Waals surface area contributed by atoms with Gasteiger partial charge in [0.15, 0.2) is 34.9 Å². The lowest BCUT2D eigenvalue weighted by Gasteiger charge is -2.26. The van der Waals surface area contributed by atoms with Gasteiger partial charge in [-0.15, -0.1) is 0 Å². The molecule has 1 aliphatic rings. The number of nitrogens with two attached hydrogens (primary N) is 1. The van der Waals surface area contributed by atoms with Crippen LogP contribution >= 0.6 is 0 Å². The average Bonchev–Trinajstić information content (AvgIpc) is 3.54. The molecule has 1 fully saturated rings. The molecule has 0 saturated carbocycles. The Labute approximate surface area is 237 Å². The zero-order valence-electron chi connectivity index (χ0n) is 22.0. The van der Waals surface area contributed by atoms with Crippen molar-refractivity contribution in [3.8, 4) is 0 Å². The lowest BCUT2D eigenvalue weighted by molar-refractivity contribution is -0.671. The topological polar surface area (TPSA) is 117 Å². The number of aromatic nitrogens is 5. The maximum atomic E-state index is 13.5. The second-order valence-corrected chi connectivity index (χ2v) is 9.88. The zero-order valence-corrected chi connectivity index (χ0v) is 22.8. The van der Waals surface area contributed by atoms with Crippen molar-refractivity contribution < 1.29 is 26.6 Å². The number of rotatable bonds is 8. The van der Waals surface area contributed by atoms with Gasteiger partial charge in [0, 0.05) is 19.3 Å². The predicted molar refractivity (Wildman–Crippen MR) is 149 cm³/mol. The van der Waals surface area contributed by atoms with E-state index in [1.165, 1.54) is 4.90 Å². The highest BCUT2D eigenvalue weighted by molar-refractivity contribution is 5.84. The molecule has 0 bridgehead atoms. The number of likely N-dealkylation sites (tertiary alicyclic amines) is 1. The van der Waals surface area contributed by atoms with Crippen LogP contribution in [0.15, 0.2) is 66.9 Å². The lowest BCUT2D eigenvalue weighted by Crippen LogP contribution is -3.00. The van der Waals surface area contributed by atoms with Gasteiger partial charge >= 0.3 is 0 Å². The number of nitrogens with zero attached hydrogens (tertiary/aromatic N) is 6. The number of hydrogen-bond donors (Lipinski definition) is 2. The number of amides is 2. The van der Waals surface area contributed by atoms with Gasteiger partial charge in [-0.2, -0.15) is 0 Å². The molecule has 1 aliphatic heterocycles. The Morgan fingerprint density at radius 3 is 2.55 bits per heavy atom. The first kappa shape index (κ1) is 27.1. The van der Waals surface area contributed by atoms with Gasteiger partial charge in [-0.05, 0) is 43.0 Å². The molecule has 5 aromatic rings. The number of carbonyl (C=O) groups is 2. The van der Waals surface area contributed by atoms with Gasteiger partial charge in [-0.3, -0.25) is 14.5 Å². The summed E-state index contributed by atoms with van der Waals surface area (Å²) in [6, 6.07) is 20.0. The molecule has 6 rings (SSSR count). The van der Waals surface area contributed by atoms with Crippen molar-refractivity contribution in [2.45, 2.75) is 38.9 Å². The second-order valence-electron chi connectivity index (χ2n) is 9.88. The van der Waals surface area contributed by atoms with E-state index in [2.05, 4.69) is 37.7 Å². The number of halogens is 1. The Kier molecular flexibility index (Phi) is 7.97. The van der Waals surface area contributed by atoms with Crippen LogP contribution in [0.5, 0.6) is 0 Å². The highest BCUT2D eigenvalue weighted by atomic mass is 35.5. The molecule has 0 aliphatic carbocycles. The molecule has 10 nitrogen and oxygen atoms in total. The minimum atomic E-state index is 0. The summed E-state index contributed by atoms with van der Waals surface area (Å²) < 4.78 is 4.20. The van der Waals surface area contributed by atoms with E-state index < -0.39 is 0 Å². The summed E-state index contributed by atoms with van der Waals surface area (Å²) in [4.78, 5) is 41.4. The van der Waals surface area contributed by atoms with Crippen LogP contribution in [-0.2, 0) is 29.2 Å². The lowest BCUT2D eigenvalue weighted by atomic mass is 10.1. The molecule has 0 atom stereocenters. The molecule has 3 aromatic heterocycles. The van der Waals surface area contributed by atoms with Gasteiger partial charge in [0.05, 0.1) is 0 Å². The Morgan fingerprint density at radius 2 is 1.77 bits per heavy atom. The van der Waals surface area contributed by atoms with Crippen LogP contribution in [0.3, 0.4) is 0 Å². The predicted octanol–water partition coefficient (Wildman–Crippen LogP) is 0.0101. The summed E-state index contributed by atoms with van der Waals surface area (Å²) in [5, 5.41) is 0. The minimum absolute atomic E-state index is 0. The molecule has 0 unspecified atom stereocenters. The van der Waals surface area contributed by atoms with E-state index in [1.807, 2.05) is 45.9 Å². The fourth-order valence-electron chi connectivity index (χ4n) is 5.41. The number of nitrogens with one attached hydrogen (secondary N) is 1. The number of imidazole rings is 1. The van der Waals surface area contributed by atoms with Crippen molar-refractivity contribution >= 4 is 46.2 Å². The van der Waals surface area contributed by atoms with E-state index in [0.29, 0.717) is 17.7 Å². The highest BCUT2D eigenvalue weighted by Gasteiger charge is 2.31. The SMILES string of the molecule is Nc1nc2[nH]ccc2nc1N(C=O)Cc1n(CC(=O)N2CCCCC2)c2ccccc2[n+]1Cc1ccccc1.[Cl-]. The van der Waals surface area contributed by atoms with Crippen LogP contribution in [0, 0.1) is 0 Å². The number of para-hydroxylation sites is 2. The average molecular weight is 559 g/mol. The fourth-order valence-corrected chi connectivity index (χ4v) is 5.41. The molecule has 0 spiro atoms. The van der Waals surface area contributed by atoms with E-state index in [9.17, 15) is 9.59 Å². The van der Waals surface area contributed by atoms with Crippen molar-refractivity contribution in [2.75, 3.05) is 23.7 Å². The first-order chi connectivity index (χ1) is 19.1. The molecular weight excluding hydrogens is 528 g/mol. The van der Waals surface area contributed by atoms with Crippen molar-refractivity contribution in [1.29, 1.82) is 0 Å². The van der Waals surface area contributed by atoms with Crippen molar-refractivity contribution in [3.63, 3.8) is 0 Å². The fraction of sp³-hybridized carbons (Fsp3) is 0.276. The number of piperidine rings is 1. The van der Waals surface area contributed by atoms with Gasteiger partial charge in [-0.1, -0.05) is 42.5 Å². The van der Waals surface area contributed by atoms with Crippen LogP contribution in [0.25, 0.3) is 22.2 Å². The molecule has 0 radical (unpaired) electrons. The summed E-state index contributed by atoms with van der Waals surface area (Å²) in [6.45, 7) is 2.48. The molecule has 40 heavy (non-hydrogen) atoms. The van der Waals surface area contributed by atoms with Crippen molar-refractivity contribution in [1.82, 2.24) is 24.4 Å². The van der Waals surface area contributed by atoms with E-state index in [0.717, 1.165) is 61.2 Å². The van der Waals surface area contributed by atoms with Crippen LogP contribution < -0.4 is 27.6 Å². The van der Waals surface area contributed by atoms with E-state index >= 15 is 0 Å². The first-order valence-corrected chi connectivity index (χ1v) is 13.3. The molecule has 1 saturated heterocycles. The molecule has 206 valence electrons. The van der Waals surface area contributed by atoms with Gasteiger partial charge in [0.1, 0.15) is 18.6 Å². The number of carbonyl (C=O) groups excluding carboxylic acids is 2. The number of nitrogen functional groups attached to an aromatic ring is 1. The van der Waals surface area contributed by atoms with Crippen LogP contribution in [0.4, 0.5) is 11.6 Å². The minimum Gasteiger partial charge on any atom is -1.00 e. The Bertz CT molecular complexity index is 1640. The summed E-state index contributed by atoms with van der Waals surface area (Å²) in [6.07, 6.45) is 5.66. The summed E-state index contributed by atoms with van der Waals surface area (Å²) >= 11 is 0. The quantitative estimate of drug-likeness (QED) is 0.206. The molecule has 2 amide bonds. The van der Waals surface area contributed by atoms with Crippen molar-refractivity contribution in [3.05, 3.63) is 78.2 Å². The van der Waals surface area contributed by atoms with Crippen LogP contribution in [0.1, 0.15) is 30.7 Å². The third-order valence-corrected chi connectivity index (χ3v) is 7.37. The molecule has 4 heterocycles. The maximum absolute atomic E-state index is 13.5. The Balaban J connectivity index is 0.00000323. The molecule has 11 heteroatoms. The number of aromatic amines is 1. The number of benzene rings is 2. The maximum Gasteiger partial charge on any atom is 0.278 e. The van der Waals surface area contributed by atoms with Gasteiger partial charge in [0.25, 0.3) is 11.7 Å². The third-order valence-electron chi connectivity index (χ3n) is 7.37. The van der Waals surface area contributed by atoms with Gasteiger partial charge < -0.3 is 28.0 Å². The van der Waals surface area contributed by atoms with Gasteiger partial charge in [-0.25, -0.2) is 19.1 Å². The van der Waals surface area contributed by atoms with Crippen LogP contribution in [0.2, 0.25) is 0 Å². The molecule has 2 aromatic carbocycles. The number of anilines is 2. The van der Waals surface area contributed by atoms with Crippen molar-refractivity contribution in [2.24, 2.45) is 0 Å². The summed E-state index contributed by atoms with van der Waals surface area (Å²) in [5.74, 6) is 1.31. The summed E-state index contributed by atoms with van der Waals surface area (Å²) in [5.41, 5.74) is 10.5. The van der Waals surface area contributed by atoms with Gasteiger partial charge in [0.2, 0.25) is 6.41 Å². The van der Waals surface area contributed by atoms with E-state index in [-0.39, 0.29) is 43.0 Å². The molecule has 3 N–H and O–H groups in total. The van der Waals surface area contributed by atoms with E-state index in [4.69, 9.17) is 5.73 Å². The third kappa shape index (κ3) is 5.22. The standard InChI is InChI=1S/C29H31N8O2.ClH/c30-27-29(32-22-13-14-31-28(22)33-27)35(20-38)18-25-36(17-21-9-3-1-4-10-21)23-11-5-6-12-24(23)37(25)19-26(39)34-15-7-2-8-16-34;/h1,3-6,9-14,20H,2,7-8,15-19H2,(H3,30,31,33);1H/q+1;/p-1. The highest BCUT2D eigenvalue weighted by Crippen LogP contribution is 2.24. The van der Waals surface area contributed by atoms with Crippen LogP contribution in [-0.4, -0.2) is 49.8 Å². The Hall–Kier alpha value is -4.44. The summed E-state index contributed by atoms with van der Waals surface area (Å²) in [7, 11) is 0. The second kappa shape index (κ2) is 11.7. The normalized spacial score (nSPS) is 13.3. The monoisotopic (exact) mass is 558 g/mol. The smallest absolute Gasteiger partial charge is 0.278 e. The Morgan fingerprint density at radius 1 is 1.02 bits per heavy atom. The molecular formula is C29H31ClN8O2.